The number of hydrogen-bond donors (Lipinski definition) is 1. The number of nitrogen functional groups attached to an aromatic ring is 1. The van der Waals surface area contributed by atoms with Gasteiger partial charge in [0.2, 0.25) is 0 Å². The van der Waals surface area contributed by atoms with Gasteiger partial charge >= 0.3 is 0 Å². The normalized spacial score (nSPS) is 16.2. The van der Waals surface area contributed by atoms with E-state index in [0.717, 1.165) is 6.42 Å². The molecule has 1 saturated heterocycles. The minimum Gasteiger partial charge on any atom is -0.497 e. The van der Waals surface area contributed by atoms with Crippen molar-refractivity contribution in [3.8, 4) is 5.75 Å². The average Bonchev–Trinajstić information content (AvgIpc) is 2.66. The quantitative estimate of drug-likeness (QED) is 0.799. The number of methoxy groups -OCH3 is 1. The third-order valence-corrected chi connectivity index (χ3v) is 3.00. The number of ether oxygens (including phenoxy) is 2. The van der Waals surface area contributed by atoms with E-state index in [4.69, 9.17) is 15.2 Å². The summed E-state index contributed by atoms with van der Waals surface area (Å²) in [4.78, 5) is 14.1. The van der Waals surface area contributed by atoms with E-state index in [0.29, 0.717) is 43.3 Å². The molecule has 18 heavy (non-hydrogen) atoms. The van der Waals surface area contributed by atoms with Crippen LogP contribution in [0.25, 0.3) is 0 Å². The van der Waals surface area contributed by atoms with E-state index in [1.54, 1.807) is 30.2 Å². The molecule has 1 heterocycles. The Kier molecular flexibility index (Phi) is 4.04. The lowest BCUT2D eigenvalue weighted by molar-refractivity contribution is 0.0742. The van der Waals surface area contributed by atoms with E-state index in [2.05, 4.69) is 0 Å². The lowest BCUT2D eigenvalue weighted by Gasteiger charge is -2.20. The fourth-order valence-electron chi connectivity index (χ4n) is 1.98. The average molecular weight is 250 g/mol. The van der Waals surface area contributed by atoms with Crippen molar-refractivity contribution in [2.75, 3.05) is 39.1 Å². The molecule has 1 fully saturated rings. The maximum absolute atomic E-state index is 12.3. The largest absolute Gasteiger partial charge is 0.497 e. The molecule has 5 heteroatoms. The molecule has 0 atom stereocenters. The summed E-state index contributed by atoms with van der Waals surface area (Å²) in [6, 6.07) is 5.13. The van der Waals surface area contributed by atoms with Crippen LogP contribution in [0, 0.1) is 0 Å². The van der Waals surface area contributed by atoms with Crippen LogP contribution in [0.1, 0.15) is 16.8 Å². The number of hydrogen-bond acceptors (Lipinski definition) is 4. The number of carbonyl (C=O) groups is 1. The highest BCUT2D eigenvalue weighted by Gasteiger charge is 2.19. The van der Waals surface area contributed by atoms with Crippen LogP contribution in [0.2, 0.25) is 0 Å². The summed E-state index contributed by atoms with van der Waals surface area (Å²) >= 11 is 0. The second-order valence-electron chi connectivity index (χ2n) is 4.21. The zero-order valence-electron chi connectivity index (χ0n) is 10.5. The molecule has 0 saturated carbocycles. The molecule has 0 unspecified atom stereocenters. The van der Waals surface area contributed by atoms with Crippen molar-refractivity contribution in [3.63, 3.8) is 0 Å². The minimum atomic E-state index is -0.0411. The number of nitrogens with two attached hydrogens (primary N) is 1. The number of carbonyl (C=O) groups excluding carboxylic acids is 1. The van der Waals surface area contributed by atoms with Gasteiger partial charge in [0.1, 0.15) is 5.75 Å². The number of benzene rings is 1. The Hall–Kier alpha value is -1.75. The van der Waals surface area contributed by atoms with Crippen LogP contribution in [0.3, 0.4) is 0 Å². The lowest BCUT2D eigenvalue weighted by atomic mass is 10.1. The highest BCUT2D eigenvalue weighted by Crippen LogP contribution is 2.21. The van der Waals surface area contributed by atoms with Crippen molar-refractivity contribution in [1.82, 2.24) is 4.90 Å². The summed E-state index contributed by atoms with van der Waals surface area (Å²) < 4.78 is 10.4. The molecule has 1 aliphatic heterocycles. The molecule has 1 aromatic carbocycles. The van der Waals surface area contributed by atoms with Gasteiger partial charge in [-0.05, 0) is 18.6 Å². The van der Waals surface area contributed by atoms with Gasteiger partial charge in [0, 0.05) is 31.5 Å². The Morgan fingerprint density at radius 3 is 2.94 bits per heavy atom. The Labute approximate surface area is 106 Å². The smallest absolute Gasteiger partial charge is 0.256 e. The second-order valence-corrected chi connectivity index (χ2v) is 4.21. The summed E-state index contributed by atoms with van der Waals surface area (Å²) in [6.45, 7) is 2.62. The Morgan fingerprint density at radius 1 is 1.39 bits per heavy atom. The van der Waals surface area contributed by atoms with Gasteiger partial charge in [-0.1, -0.05) is 0 Å². The number of nitrogens with zero attached hydrogens (tertiary/aromatic N) is 1. The fourth-order valence-corrected chi connectivity index (χ4v) is 1.98. The van der Waals surface area contributed by atoms with E-state index < -0.39 is 0 Å². The van der Waals surface area contributed by atoms with E-state index in [1.165, 1.54) is 0 Å². The molecule has 2 rings (SSSR count). The molecular weight excluding hydrogens is 232 g/mol. The molecule has 0 aromatic heterocycles. The summed E-state index contributed by atoms with van der Waals surface area (Å²) in [6.07, 6.45) is 0.863. The summed E-state index contributed by atoms with van der Waals surface area (Å²) in [5.74, 6) is 0.615. The molecule has 0 radical (unpaired) electrons. The van der Waals surface area contributed by atoms with Gasteiger partial charge in [-0.25, -0.2) is 0 Å². The van der Waals surface area contributed by atoms with Crippen LogP contribution in [-0.4, -0.2) is 44.2 Å². The van der Waals surface area contributed by atoms with E-state index in [-0.39, 0.29) is 5.91 Å². The van der Waals surface area contributed by atoms with Crippen LogP contribution in [0.4, 0.5) is 5.69 Å². The molecule has 0 aliphatic carbocycles. The minimum absolute atomic E-state index is 0.0411. The highest BCUT2D eigenvalue weighted by atomic mass is 16.5. The predicted molar refractivity (Wildman–Crippen MR) is 68.7 cm³/mol. The van der Waals surface area contributed by atoms with Gasteiger partial charge < -0.3 is 20.1 Å². The molecule has 2 N–H and O–H groups in total. The maximum Gasteiger partial charge on any atom is 0.256 e. The van der Waals surface area contributed by atoms with Crippen molar-refractivity contribution in [2.24, 2.45) is 0 Å². The lowest BCUT2D eigenvalue weighted by Crippen LogP contribution is -2.33. The first kappa shape index (κ1) is 12.7. The molecule has 1 aliphatic rings. The summed E-state index contributed by atoms with van der Waals surface area (Å²) in [5, 5.41) is 0. The van der Waals surface area contributed by atoms with Crippen LogP contribution in [-0.2, 0) is 4.74 Å². The van der Waals surface area contributed by atoms with Crippen molar-refractivity contribution in [2.45, 2.75) is 6.42 Å². The molecule has 5 nitrogen and oxygen atoms in total. The van der Waals surface area contributed by atoms with E-state index in [9.17, 15) is 4.79 Å². The highest BCUT2D eigenvalue weighted by molar-refractivity contribution is 5.99. The molecule has 98 valence electrons. The SMILES string of the molecule is COc1ccc(C(=O)N2CCCOCC2)c(N)c1. The van der Waals surface area contributed by atoms with Gasteiger partial charge in [-0.3, -0.25) is 4.79 Å². The second kappa shape index (κ2) is 5.73. The van der Waals surface area contributed by atoms with Crippen molar-refractivity contribution in [1.29, 1.82) is 0 Å². The predicted octanol–water partition coefficient (Wildman–Crippen LogP) is 1.14. The van der Waals surface area contributed by atoms with Gasteiger partial charge in [-0.2, -0.15) is 0 Å². The van der Waals surface area contributed by atoms with Crippen molar-refractivity contribution < 1.29 is 14.3 Å². The number of anilines is 1. The molecule has 1 aromatic rings. The Balaban J connectivity index is 2.16. The van der Waals surface area contributed by atoms with E-state index >= 15 is 0 Å². The van der Waals surface area contributed by atoms with Gasteiger partial charge in [0.25, 0.3) is 5.91 Å². The third-order valence-electron chi connectivity index (χ3n) is 3.00. The molecular formula is C13H18N2O3. The third kappa shape index (κ3) is 2.73. The van der Waals surface area contributed by atoms with Gasteiger partial charge in [0.15, 0.2) is 0 Å². The van der Waals surface area contributed by atoms with Crippen LogP contribution in [0.5, 0.6) is 5.75 Å². The van der Waals surface area contributed by atoms with Crippen LogP contribution < -0.4 is 10.5 Å². The summed E-state index contributed by atoms with van der Waals surface area (Å²) in [5.41, 5.74) is 6.86. The zero-order valence-corrected chi connectivity index (χ0v) is 10.5. The van der Waals surface area contributed by atoms with E-state index in [1.807, 2.05) is 0 Å². The first-order chi connectivity index (χ1) is 8.72. The Morgan fingerprint density at radius 2 is 2.22 bits per heavy atom. The van der Waals surface area contributed by atoms with Crippen molar-refractivity contribution >= 4 is 11.6 Å². The number of rotatable bonds is 2. The van der Waals surface area contributed by atoms with Gasteiger partial charge in [0.05, 0.1) is 19.3 Å². The van der Waals surface area contributed by atoms with Crippen LogP contribution in [0.15, 0.2) is 18.2 Å². The van der Waals surface area contributed by atoms with Crippen molar-refractivity contribution in [3.05, 3.63) is 23.8 Å². The summed E-state index contributed by atoms with van der Waals surface area (Å²) in [7, 11) is 1.57. The van der Waals surface area contributed by atoms with Crippen LogP contribution >= 0.6 is 0 Å². The topological polar surface area (TPSA) is 64.8 Å². The molecule has 0 bridgehead atoms. The first-order valence-electron chi connectivity index (χ1n) is 6.03. The maximum atomic E-state index is 12.3. The molecule has 1 amide bonds. The van der Waals surface area contributed by atoms with Gasteiger partial charge in [-0.15, -0.1) is 0 Å². The number of amides is 1. The fraction of sp³-hybridized carbons (Fsp3) is 0.462. The Bertz CT molecular complexity index is 426. The molecule has 0 spiro atoms. The monoisotopic (exact) mass is 250 g/mol. The standard InChI is InChI=1S/C13H18N2O3/c1-17-10-3-4-11(12(14)9-10)13(16)15-5-2-7-18-8-6-15/h3-4,9H,2,5-8,14H2,1H3. The zero-order chi connectivity index (χ0) is 13.0. The first-order valence-corrected chi connectivity index (χ1v) is 6.03.